The van der Waals surface area contributed by atoms with Crippen LogP contribution in [0.15, 0.2) is 140 Å². The van der Waals surface area contributed by atoms with Crippen molar-refractivity contribution in [1.29, 1.82) is 0 Å². The van der Waals surface area contributed by atoms with Crippen LogP contribution in [0.2, 0.25) is 19.6 Å². The van der Waals surface area contributed by atoms with Gasteiger partial charge in [0.25, 0.3) is 6.71 Å². The Hall–Kier alpha value is -5.78. The fraction of sp³-hybridized carbons (Fsp3) is 0.364. The summed E-state index contributed by atoms with van der Waals surface area (Å²) < 4.78 is 0. The standard InChI is InChI=1S/C66H76BN3Si/c1-43-37-59-61-60(38-43)69(55-32-25-46(63(5,6)7)39-51(55)44-21-17-16-18-22-44)57-33-26-47(64(8,9)10)40-54(57)67(61)53-31-29-49(41-58(53)68(59)48-27-23-45(24-28-48)62(2,3)4)70-56-34-30-50(71(13,14)15)42-52(56)65(11)35-19-20-36-66(65,70)12/h16-18,21-34,37-42H,19-20,35-36H2,1-15H3. The van der Waals surface area contributed by atoms with Crippen LogP contribution in [0.3, 0.4) is 0 Å². The summed E-state index contributed by atoms with van der Waals surface area (Å²) in [5.41, 5.74) is 23.5. The molecule has 0 amide bonds. The molecule has 0 saturated heterocycles. The van der Waals surface area contributed by atoms with Crippen LogP contribution in [0, 0.1) is 6.92 Å². The molecule has 3 heterocycles. The van der Waals surface area contributed by atoms with Crippen molar-refractivity contribution in [3.8, 4) is 11.1 Å². The lowest BCUT2D eigenvalue weighted by Gasteiger charge is -2.50. The zero-order chi connectivity index (χ0) is 50.4. The molecule has 1 fully saturated rings. The first-order valence-electron chi connectivity index (χ1n) is 26.7. The van der Waals surface area contributed by atoms with Crippen molar-refractivity contribution < 1.29 is 0 Å². The van der Waals surface area contributed by atoms with Crippen LogP contribution in [0.25, 0.3) is 11.1 Å². The number of hydrogen-bond donors (Lipinski definition) is 0. The molecule has 11 rings (SSSR count). The number of anilines is 8. The van der Waals surface area contributed by atoms with Gasteiger partial charge in [0.2, 0.25) is 0 Å². The number of rotatable bonds is 5. The van der Waals surface area contributed by atoms with E-state index in [1.165, 1.54) is 121 Å². The molecular formula is C66H76BN3Si. The van der Waals surface area contributed by atoms with Crippen LogP contribution >= 0.6 is 0 Å². The summed E-state index contributed by atoms with van der Waals surface area (Å²) in [6.45, 7) is 36.0. The molecule has 7 aromatic rings. The second-order valence-electron chi connectivity index (χ2n) is 26.4. The van der Waals surface area contributed by atoms with E-state index >= 15 is 0 Å². The van der Waals surface area contributed by atoms with Crippen molar-refractivity contribution in [1.82, 2.24) is 0 Å². The van der Waals surface area contributed by atoms with E-state index in [1.807, 2.05) is 0 Å². The molecule has 2 atom stereocenters. The minimum Gasteiger partial charge on any atom is -0.334 e. The van der Waals surface area contributed by atoms with E-state index in [2.05, 4.69) is 257 Å². The Morgan fingerprint density at radius 1 is 0.493 bits per heavy atom. The summed E-state index contributed by atoms with van der Waals surface area (Å²) >= 11 is 0. The van der Waals surface area contributed by atoms with Gasteiger partial charge in [0, 0.05) is 50.8 Å². The van der Waals surface area contributed by atoms with Crippen molar-refractivity contribution in [2.24, 2.45) is 0 Å². The maximum Gasteiger partial charge on any atom is 0.252 e. The molecule has 5 heteroatoms. The average Bonchev–Trinajstić information content (AvgIpc) is 3.52. The SMILES string of the molecule is Cc1cc2c3c(c1)N(c1ccc(C(C)(C)C)cc1-c1ccccc1)c1ccc(C(C)(C)C)cc1B3c1ccc(N3c4ccc([Si](C)(C)C)cc4C4(C)CCCCC34C)cc1N2c1ccc(C(C)(C)C)cc1. The molecule has 0 N–H and O–H groups in total. The van der Waals surface area contributed by atoms with E-state index in [-0.39, 0.29) is 33.9 Å². The zero-order valence-electron chi connectivity index (χ0n) is 45.5. The second kappa shape index (κ2) is 16.1. The van der Waals surface area contributed by atoms with Crippen molar-refractivity contribution in [2.45, 2.75) is 156 Å². The van der Waals surface area contributed by atoms with Crippen molar-refractivity contribution in [3.05, 3.63) is 167 Å². The van der Waals surface area contributed by atoms with Gasteiger partial charge in [-0.1, -0.05) is 186 Å². The Balaban J connectivity index is 1.20. The first-order valence-corrected chi connectivity index (χ1v) is 30.2. The number of nitrogens with zero attached hydrogens (tertiary/aromatic N) is 3. The minimum atomic E-state index is -1.55. The summed E-state index contributed by atoms with van der Waals surface area (Å²) in [7, 11) is -1.55. The number of fused-ring (bicyclic) bond motifs is 7. The smallest absolute Gasteiger partial charge is 0.252 e. The van der Waals surface area contributed by atoms with Gasteiger partial charge >= 0.3 is 0 Å². The van der Waals surface area contributed by atoms with Crippen LogP contribution in [-0.2, 0) is 21.7 Å². The molecular weight excluding hydrogens is 874 g/mol. The third-order valence-corrected chi connectivity index (χ3v) is 19.5. The van der Waals surface area contributed by atoms with Crippen LogP contribution in [0.4, 0.5) is 45.5 Å². The molecule has 71 heavy (non-hydrogen) atoms. The third kappa shape index (κ3) is 7.49. The summed E-state index contributed by atoms with van der Waals surface area (Å²) in [6.07, 6.45) is 4.91. The Bertz CT molecular complexity index is 3250. The molecule has 1 aliphatic carbocycles. The van der Waals surface area contributed by atoms with Crippen LogP contribution in [-0.4, -0.2) is 20.3 Å². The van der Waals surface area contributed by atoms with Gasteiger partial charge < -0.3 is 14.7 Å². The molecule has 362 valence electrons. The maximum atomic E-state index is 2.80. The van der Waals surface area contributed by atoms with E-state index in [1.54, 1.807) is 10.8 Å². The molecule has 0 radical (unpaired) electrons. The molecule has 2 unspecified atom stereocenters. The van der Waals surface area contributed by atoms with E-state index in [0.29, 0.717) is 0 Å². The second-order valence-corrected chi connectivity index (χ2v) is 31.4. The molecule has 7 aromatic carbocycles. The summed E-state index contributed by atoms with van der Waals surface area (Å²) in [5.74, 6) is 0. The minimum absolute atomic E-state index is 0.0101. The predicted molar refractivity (Wildman–Crippen MR) is 313 cm³/mol. The van der Waals surface area contributed by atoms with Crippen molar-refractivity contribution in [3.63, 3.8) is 0 Å². The predicted octanol–water partition coefficient (Wildman–Crippen LogP) is 15.9. The Labute approximate surface area is 428 Å². The lowest BCUT2D eigenvalue weighted by atomic mass is 9.33. The largest absolute Gasteiger partial charge is 0.334 e. The van der Waals surface area contributed by atoms with Gasteiger partial charge in [0.1, 0.15) is 0 Å². The van der Waals surface area contributed by atoms with Gasteiger partial charge in [-0.25, -0.2) is 0 Å². The third-order valence-electron chi connectivity index (χ3n) is 17.5. The number of aryl methyl sites for hydroxylation is 1. The molecule has 0 bridgehead atoms. The van der Waals surface area contributed by atoms with Gasteiger partial charge in [-0.2, -0.15) is 0 Å². The van der Waals surface area contributed by atoms with Gasteiger partial charge in [-0.05, 0) is 153 Å². The van der Waals surface area contributed by atoms with Crippen molar-refractivity contribution in [2.75, 3.05) is 14.7 Å². The van der Waals surface area contributed by atoms with Crippen LogP contribution < -0.4 is 36.3 Å². The quantitative estimate of drug-likeness (QED) is 0.159. The van der Waals surface area contributed by atoms with Crippen LogP contribution in [0.5, 0.6) is 0 Å². The molecule has 1 saturated carbocycles. The topological polar surface area (TPSA) is 9.72 Å². The number of hydrogen-bond acceptors (Lipinski definition) is 3. The highest BCUT2D eigenvalue weighted by atomic mass is 28.3. The first-order chi connectivity index (χ1) is 33.4. The van der Waals surface area contributed by atoms with E-state index in [9.17, 15) is 0 Å². The molecule has 3 aliphatic heterocycles. The van der Waals surface area contributed by atoms with Crippen LogP contribution in [0.1, 0.15) is 130 Å². The fourth-order valence-corrected chi connectivity index (χ4v) is 14.2. The highest BCUT2D eigenvalue weighted by molar-refractivity contribution is 7.00. The van der Waals surface area contributed by atoms with E-state index < -0.39 is 8.07 Å². The molecule has 3 nitrogen and oxygen atoms in total. The lowest BCUT2D eigenvalue weighted by molar-refractivity contribution is 0.195. The molecule has 0 spiro atoms. The zero-order valence-corrected chi connectivity index (χ0v) is 46.5. The van der Waals surface area contributed by atoms with Gasteiger partial charge in [0.15, 0.2) is 0 Å². The normalized spacial score (nSPS) is 19.5. The average molecular weight is 950 g/mol. The lowest BCUT2D eigenvalue weighted by Crippen LogP contribution is -2.61. The maximum absolute atomic E-state index is 2.80. The highest BCUT2D eigenvalue weighted by Crippen LogP contribution is 2.61. The highest BCUT2D eigenvalue weighted by Gasteiger charge is 2.58. The van der Waals surface area contributed by atoms with Gasteiger partial charge in [0.05, 0.1) is 19.3 Å². The summed E-state index contributed by atoms with van der Waals surface area (Å²) in [6, 6.07) is 55.4. The fourth-order valence-electron chi connectivity index (χ4n) is 13.0. The number of benzene rings is 7. The van der Waals surface area contributed by atoms with E-state index in [4.69, 9.17) is 0 Å². The first kappa shape index (κ1) is 47.5. The Morgan fingerprint density at radius 3 is 1.72 bits per heavy atom. The summed E-state index contributed by atoms with van der Waals surface area (Å²) in [4.78, 5) is 8.06. The van der Waals surface area contributed by atoms with Gasteiger partial charge in [-0.15, -0.1) is 0 Å². The Kier molecular flexibility index (Phi) is 10.8. The summed E-state index contributed by atoms with van der Waals surface area (Å²) in [5, 5.41) is 1.56. The van der Waals surface area contributed by atoms with Crippen molar-refractivity contribution >= 4 is 81.9 Å². The van der Waals surface area contributed by atoms with E-state index in [0.717, 1.165) is 0 Å². The molecule has 0 aromatic heterocycles. The van der Waals surface area contributed by atoms with Gasteiger partial charge in [-0.3, -0.25) is 0 Å². The monoisotopic (exact) mass is 950 g/mol. The molecule has 4 aliphatic rings. The Morgan fingerprint density at radius 2 is 1.07 bits per heavy atom.